The molecule has 1 amide bonds. The molecule has 1 atom stereocenters. The zero-order chi connectivity index (χ0) is 24.6. The predicted molar refractivity (Wildman–Crippen MR) is 136 cm³/mol. The van der Waals surface area contributed by atoms with Crippen LogP contribution in [0.2, 0.25) is 0 Å². The van der Waals surface area contributed by atoms with Crippen molar-refractivity contribution >= 4 is 34.1 Å². The van der Waals surface area contributed by atoms with Gasteiger partial charge in [-0.3, -0.25) is 4.79 Å². The molecule has 0 aliphatic carbocycles. The number of nitrogens with one attached hydrogen (secondary N) is 3. The number of aromatic nitrogens is 4. The summed E-state index contributed by atoms with van der Waals surface area (Å²) in [6.07, 6.45) is 3.51. The number of carbonyl (C=O) groups excluding carboxylic acids is 1. The third kappa shape index (κ3) is 3.73. The zero-order valence-corrected chi connectivity index (χ0v) is 19.7. The first-order chi connectivity index (χ1) is 17.6. The van der Waals surface area contributed by atoms with E-state index in [0.717, 1.165) is 31.6 Å². The van der Waals surface area contributed by atoms with Crippen LogP contribution in [0.5, 0.6) is 11.5 Å². The number of ether oxygens (including phenoxy) is 2. The summed E-state index contributed by atoms with van der Waals surface area (Å²) in [5, 5.41) is 15.0. The van der Waals surface area contributed by atoms with Gasteiger partial charge in [-0.25, -0.2) is 14.6 Å². The standard InChI is InChI=1S/C25H26N8O3/c1-27-15-6-4-14(5-7-15)25(34)31-18-9-8-17(21-22(18)36-13-35-21)20-19-23(26)29-12-30-24(19)33(32-20)16-3-2-10-28-11-16/h4-9,12,16,27-28H,2-3,10-11,13H2,1H3,(H,31,34)(H2,26,29,30)/t16-/m1/s1. The van der Waals surface area contributed by atoms with Gasteiger partial charge in [-0.05, 0) is 55.8 Å². The average molecular weight is 487 g/mol. The van der Waals surface area contributed by atoms with E-state index in [1.165, 1.54) is 6.33 Å². The topological polar surface area (TPSA) is 141 Å². The number of benzene rings is 2. The number of nitrogen functional groups attached to an aromatic ring is 1. The van der Waals surface area contributed by atoms with Crippen LogP contribution in [0.25, 0.3) is 22.3 Å². The molecule has 2 aromatic heterocycles. The highest BCUT2D eigenvalue weighted by molar-refractivity contribution is 6.06. The van der Waals surface area contributed by atoms with Crippen LogP contribution in [0.15, 0.2) is 42.7 Å². The van der Waals surface area contributed by atoms with Crippen molar-refractivity contribution in [3.63, 3.8) is 0 Å². The Balaban J connectivity index is 1.40. The second kappa shape index (κ2) is 9.00. The van der Waals surface area contributed by atoms with Gasteiger partial charge in [0.2, 0.25) is 6.79 Å². The van der Waals surface area contributed by atoms with Gasteiger partial charge in [0.05, 0.1) is 17.1 Å². The zero-order valence-electron chi connectivity index (χ0n) is 19.7. The fraction of sp³-hybridized carbons (Fsp3) is 0.280. The van der Waals surface area contributed by atoms with Crippen molar-refractivity contribution in [3.05, 3.63) is 48.3 Å². The maximum Gasteiger partial charge on any atom is 0.255 e. The summed E-state index contributed by atoms with van der Waals surface area (Å²) in [5.41, 5.74) is 10.3. The fourth-order valence-corrected chi connectivity index (χ4v) is 4.74. The van der Waals surface area contributed by atoms with E-state index in [9.17, 15) is 4.79 Å². The number of hydrogen-bond acceptors (Lipinski definition) is 9. The lowest BCUT2D eigenvalue weighted by molar-refractivity contribution is 0.102. The van der Waals surface area contributed by atoms with Gasteiger partial charge in [0.1, 0.15) is 17.8 Å². The van der Waals surface area contributed by atoms with Crippen molar-refractivity contribution in [2.24, 2.45) is 0 Å². The van der Waals surface area contributed by atoms with Gasteiger partial charge in [0.15, 0.2) is 17.1 Å². The molecule has 2 aliphatic rings. The molecular weight excluding hydrogens is 460 g/mol. The summed E-state index contributed by atoms with van der Waals surface area (Å²) in [5.74, 6) is 1.04. The Morgan fingerprint density at radius 2 is 1.97 bits per heavy atom. The monoisotopic (exact) mass is 486 g/mol. The summed E-state index contributed by atoms with van der Waals surface area (Å²) in [6, 6.07) is 11.0. The Hall–Kier alpha value is -4.38. The highest BCUT2D eigenvalue weighted by atomic mass is 16.7. The van der Waals surface area contributed by atoms with Gasteiger partial charge in [-0.1, -0.05) is 0 Å². The molecule has 4 heterocycles. The highest BCUT2D eigenvalue weighted by Crippen LogP contribution is 2.48. The second-order valence-corrected chi connectivity index (χ2v) is 8.76. The minimum absolute atomic E-state index is 0.0310. The van der Waals surface area contributed by atoms with E-state index in [1.54, 1.807) is 18.2 Å². The van der Waals surface area contributed by atoms with Crippen LogP contribution in [0, 0.1) is 0 Å². The van der Waals surface area contributed by atoms with Crippen LogP contribution in [-0.2, 0) is 0 Å². The quantitative estimate of drug-likeness (QED) is 0.335. The third-order valence-electron chi connectivity index (χ3n) is 6.59. The minimum Gasteiger partial charge on any atom is -0.453 e. The van der Waals surface area contributed by atoms with Crippen LogP contribution < -0.4 is 31.2 Å². The van der Waals surface area contributed by atoms with Gasteiger partial charge < -0.3 is 31.2 Å². The molecule has 1 fully saturated rings. The van der Waals surface area contributed by atoms with Gasteiger partial charge in [-0.2, -0.15) is 5.10 Å². The molecule has 0 bridgehead atoms. The Morgan fingerprint density at radius 3 is 2.75 bits per heavy atom. The van der Waals surface area contributed by atoms with Crippen molar-refractivity contribution in [1.82, 2.24) is 25.1 Å². The first-order valence-corrected chi connectivity index (χ1v) is 11.9. The molecule has 0 saturated carbocycles. The largest absolute Gasteiger partial charge is 0.453 e. The number of fused-ring (bicyclic) bond motifs is 2. The average Bonchev–Trinajstić information content (AvgIpc) is 3.56. The smallest absolute Gasteiger partial charge is 0.255 e. The van der Waals surface area contributed by atoms with E-state index in [0.29, 0.717) is 50.9 Å². The number of rotatable bonds is 5. The highest BCUT2D eigenvalue weighted by Gasteiger charge is 2.29. The fourth-order valence-electron chi connectivity index (χ4n) is 4.74. The summed E-state index contributed by atoms with van der Waals surface area (Å²) >= 11 is 0. The summed E-state index contributed by atoms with van der Waals surface area (Å²) in [7, 11) is 1.83. The molecular formula is C25H26N8O3. The SMILES string of the molecule is CNc1ccc(C(=O)Nc2ccc(-c3nn([C@@H]4CCCNC4)c4ncnc(N)c34)c3c2OCO3)cc1. The lowest BCUT2D eigenvalue weighted by Gasteiger charge is -2.23. The predicted octanol–water partition coefficient (Wildman–Crippen LogP) is 3.02. The van der Waals surface area contributed by atoms with Crippen LogP contribution in [0.1, 0.15) is 29.2 Å². The third-order valence-corrected chi connectivity index (χ3v) is 6.59. The number of amides is 1. The van der Waals surface area contributed by atoms with Crippen LogP contribution >= 0.6 is 0 Å². The van der Waals surface area contributed by atoms with E-state index >= 15 is 0 Å². The number of anilines is 3. The molecule has 2 aliphatic heterocycles. The van der Waals surface area contributed by atoms with Gasteiger partial charge >= 0.3 is 0 Å². The van der Waals surface area contributed by atoms with Crippen LogP contribution in [0.3, 0.4) is 0 Å². The molecule has 2 aromatic carbocycles. The molecule has 184 valence electrons. The van der Waals surface area contributed by atoms with Crippen molar-refractivity contribution < 1.29 is 14.3 Å². The maximum absolute atomic E-state index is 12.9. The summed E-state index contributed by atoms with van der Waals surface area (Å²) in [6.45, 7) is 1.83. The molecule has 4 aromatic rings. The van der Waals surface area contributed by atoms with Gasteiger partial charge in [0, 0.05) is 30.4 Å². The van der Waals surface area contributed by atoms with Gasteiger partial charge in [-0.15, -0.1) is 0 Å². The lowest BCUT2D eigenvalue weighted by atomic mass is 10.1. The van der Waals surface area contributed by atoms with Crippen LogP contribution in [0.4, 0.5) is 17.2 Å². The minimum atomic E-state index is -0.250. The molecule has 0 unspecified atom stereocenters. The van der Waals surface area contributed by atoms with E-state index in [-0.39, 0.29) is 18.7 Å². The molecule has 6 rings (SSSR count). The maximum atomic E-state index is 12.9. The summed E-state index contributed by atoms with van der Waals surface area (Å²) < 4.78 is 13.6. The molecule has 11 nitrogen and oxygen atoms in total. The number of nitrogens with zero attached hydrogens (tertiary/aromatic N) is 4. The molecule has 1 saturated heterocycles. The molecule has 0 radical (unpaired) electrons. The second-order valence-electron chi connectivity index (χ2n) is 8.76. The van der Waals surface area contributed by atoms with Crippen molar-refractivity contribution in [3.8, 4) is 22.8 Å². The van der Waals surface area contributed by atoms with Crippen molar-refractivity contribution in [2.45, 2.75) is 18.9 Å². The Labute approximate surface area is 207 Å². The normalized spacial score (nSPS) is 16.8. The lowest BCUT2D eigenvalue weighted by Crippen LogP contribution is -2.32. The molecule has 11 heteroatoms. The van der Waals surface area contributed by atoms with Crippen molar-refractivity contribution in [1.29, 1.82) is 0 Å². The van der Waals surface area contributed by atoms with E-state index in [4.69, 9.17) is 20.3 Å². The molecule has 0 spiro atoms. The van der Waals surface area contributed by atoms with Crippen LogP contribution in [-0.4, -0.2) is 52.6 Å². The van der Waals surface area contributed by atoms with E-state index in [2.05, 4.69) is 25.9 Å². The van der Waals surface area contributed by atoms with Crippen molar-refractivity contribution in [2.75, 3.05) is 43.3 Å². The number of hydrogen-bond donors (Lipinski definition) is 4. The van der Waals surface area contributed by atoms with E-state index < -0.39 is 0 Å². The molecule has 5 N–H and O–H groups in total. The Morgan fingerprint density at radius 1 is 1.14 bits per heavy atom. The Kier molecular flexibility index (Phi) is 5.53. The number of nitrogens with two attached hydrogens (primary N) is 1. The first-order valence-electron chi connectivity index (χ1n) is 11.9. The number of piperidine rings is 1. The molecule has 36 heavy (non-hydrogen) atoms. The summed E-state index contributed by atoms with van der Waals surface area (Å²) in [4.78, 5) is 21.6. The Bertz CT molecular complexity index is 1440. The van der Waals surface area contributed by atoms with Gasteiger partial charge in [0.25, 0.3) is 5.91 Å². The first kappa shape index (κ1) is 22.1. The van der Waals surface area contributed by atoms with E-state index in [1.807, 2.05) is 29.9 Å². The number of carbonyl (C=O) groups is 1.